The molecule has 0 unspecified atom stereocenters. The van der Waals surface area contributed by atoms with Gasteiger partial charge in [-0.05, 0) is 61.7 Å². The molecule has 1 aliphatic rings. The maximum Gasteiger partial charge on any atom is 0.196 e. The molecule has 1 aliphatic carbocycles. The molecule has 0 amide bonds. The molecule has 5 nitrogen and oxygen atoms in total. The third-order valence-electron chi connectivity index (χ3n) is 5.59. The van der Waals surface area contributed by atoms with E-state index >= 15 is 0 Å². The van der Waals surface area contributed by atoms with Crippen molar-refractivity contribution in [3.63, 3.8) is 0 Å². The molecule has 0 radical (unpaired) electrons. The highest BCUT2D eigenvalue weighted by molar-refractivity contribution is 7.98. The molecule has 0 spiro atoms. The minimum absolute atomic E-state index is 0.716. The third kappa shape index (κ3) is 5.62. The van der Waals surface area contributed by atoms with Crippen LogP contribution in [0.15, 0.2) is 53.9 Å². The van der Waals surface area contributed by atoms with Crippen molar-refractivity contribution >= 4 is 23.4 Å². The second-order valence-electron chi connectivity index (χ2n) is 8.06. The van der Waals surface area contributed by atoms with Crippen molar-refractivity contribution < 1.29 is 0 Å². The summed E-state index contributed by atoms with van der Waals surface area (Å²) < 4.78 is 2.15. The van der Waals surface area contributed by atoms with E-state index in [1.54, 1.807) is 11.8 Å². The highest BCUT2D eigenvalue weighted by atomic mass is 35.5. The Morgan fingerprint density at radius 3 is 2.67 bits per heavy atom. The van der Waals surface area contributed by atoms with Gasteiger partial charge in [0.2, 0.25) is 0 Å². The average molecular weight is 442 g/mol. The topological polar surface area (TPSA) is 46.8 Å². The lowest BCUT2D eigenvalue weighted by atomic mass is 9.89. The Kier molecular flexibility index (Phi) is 7.42. The standard InChI is InChI=1S/C23H28ClN5S/c1-28(15-18-6-3-2-4-7-18)16-22-26-27-23(30-17-19-10-12-25-13-11-19)29(22)21-9-5-8-20(24)14-21/h5,8-14,18H,2-4,6-7,15-17H2,1H3. The van der Waals surface area contributed by atoms with Crippen molar-refractivity contribution in [1.82, 2.24) is 24.6 Å². The van der Waals surface area contributed by atoms with Crippen molar-refractivity contribution in [2.24, 2.45) is 5.92 Å². The van der Waals surface area contributed by atoms with Crippen LogP contribution in [0.5, 0.6) is 0 Å². The van der Waals surface area contributed by atoms with Gasteiger partial charge < -0.3 is 0 Å². The zero-order valence-corrected chi connectivity index (χ0v) is 18.9. The normalized spacial score (nSPS) is 15.0. The predicted octanol–water partition coefficient (Wildman–Crippen LogP) is 5.62. The van der Waals surface area contributed by atoms with E-state index < -0.39 is 0 Å². The number of hydrogen-bond acceptors (Lipinski definition) is 5. The summed E-state index contributed by atoms with van der Waals surface area (Å²) in [4.78, 5) is 6.48. The molecule has 2 heterocycles. The van der Waals surface area contributed by atoms with Gasteiger partial charge in [0.15, 0.2) is 11.0 Å². The number of pyridine rings is 1. The summed E-state index contributed by atoms with van der Waals surface area (Å²) in [5.74, 6) is 2.57. The number of benzene rings is 1. The first-order valence-corrected chi connectivity index (χ1v) is 12.0. The van der Waals surface area contributed by atoms with Crippen LogP contribution in [-0.2, 0) is 12.3 Å². The lowest BCUT2D eigenvalue weighted by Gasteiger charge is -2.26. The molecule has 0 atom stereocenters. The van der Waals surface area contributed by atoms with Gasteiger partial charge in [-0.2, -0.15) is 0 Å². The molecule has 0 aliphatic heterocycles. The summed E-state index contributed by atoms with van der Waals surface area (Å²) in [6.45, 7) is 1.88. The van der Waals surface area contributed by atoms with E-state index in [9.17, 15) is 0 Å². The summed E-state index contributed by atoms with van der Waals surface area (Å²) in [7, 11) is 2.19. The smallest absolute Gasteiger partial charge is 0.196 e. The van der Waals surface area contributed by atoms with Crippen molar-refractivity contribution in [2.45, 2.75) is 49.6 Å². The van der Waals surface area contributed by atoms with Gasteiger partial charge >= 0.3 is 0 Å². The number of aromatic nitrogens is 4. The van der Waals surface area contributed by atoms with Crippen LogP contribution in [0.1, 0.15) is 43.5 Å². The van der Waals surface area contributed by atoms with E-state index in [1.807, 2.05) is 42.7 Å². The molecular weight excluding hydrogens is 414 g/mol. The molecule has 0 saturated heterocycles. The molecule has 158 valence electrons. The maximum absolute atomic E-state index is 6.30. The summed E-state index contributed by atoms with van der Waals surface area (Å²) in [5, 5.41) is 10.7. The van der Waals surface area contributed by atoms with Gasteiger partial charge in [0.25, 0.3) is 0 Å². The Hall–Kier alpha value is -1.89. The van der Waals surface area contributed by atoms with Crippen LogP contribution in [0.2, 0.25) is 5.02 Å². The van der Waals surface area contributed by atoms with Gasteiger partial charge in [0.05, 0.1) is 12.2 Å². The highest BCUT2D eigenvalue weighted by Gasteiger charge is 2.19. The minimum atomic E-state index is 0.716. The van der Waals surface area contributed by atoms with Gasteiger partial charge in [0.1, 0.15) is 0 Å². The van der Waals surface area contributed by atoms with Crippen LogP contribution in [0, 0.1) is 5.92 Å². The zero-order valence-electron chi connectivity index (χ0n) is 17.4. The van der Waals surface area contributed by atoms with E-state index in [1.165, 1.54) is 37.7 Å². The molecule has 2 aromatic heterocycles. The molecule has 7 heteroatoms. The fourth-order valence-corrected chi connectivity index (χ4v) is 5.23. The molecular formula is C23H28ClN5S. The van der Waals surface area contributed by atoms with E-state index in [0.717, 1.165) is 41.4 Å². The Labute approximate surface area is 187 Å². The van der Waals surface area contributed by atoms with Gasteiger partial charge in [-0.3, -0.25) is 14.5 Å². The van der Waals surface area contributed by atoms with Crippen LogP contribution in [0.25, 0.3) is 5.69 Å². The monoisotopic (exact) mass is 441 g/mol. The first-order chi connectivity index (χ1) is 14.7. The maximum atomic E-state index is 6.30. The Morgan fingerprint density at radius 2 is 1.90 bits per heavy atom. The zero-order chi connectivity index (χ0) is 20.8. The molecule has 1 saturated carbocycles. The molecule has 0 bridgehead atoms. The first-order valence-electron chi connectivity index (χ1n) is 10.6. The van der Waals surface area contributed by atoms with Gasteiger partial charge in [-0.1, -0.05) is 48.7 Å². The SMILES string of the molecule is CN(Cc1nnc(SCc2ccncc2)n1-c1cccc(Cl)c1)CC1CCCCC1. The average Bonchev–Trinajstić information content (AvgIpc) is 3.16. The van der Waals surface area contributed by atoms with Gasteiger partial charge in [0, 0.05) is 29.7 Å². The molecule has 4 rings (SSSR count). The number of rotatable bonds is 8. The number of hydrogen-bond donors (Lipinski definition) is 0. The lowest BCUT2D eigenvalue weighted by Crippen LogP contribution is -2.28. The number of halogens is 1. The van der Waals surface area contributed by atoms with Crippen LogP contribution in [0.3, 0.4) is 0 Å². The molecule has 1 aromatic carbocycles. The summed E-state index contributed by atoms with van der Waals surface area (Å²) in [6, 6.07) is 12.0. The van der Waals surface area contributed by atoms with E-state index in [0.29, 0.717) is 5.02 Å². The Balaban J connectivity index is 1.54. The largest absolute Gasteiger partial charge is 0.299 e. The second-order valence-corrected chi connectivity index (χ2v) is 9.44. The van der Waals surface area contributed by atoms with Crippen molar-refractivity contribution in [3.8, 4) is 5.69 Å². The van der Waals surface area contributed by atoms with E-state index in [2.05, 4.69) is 37.8 Å². The quantitative estimate of drug-likeness (QED) is 0.424. The summed E-state index contributed by atoms with van der Waals surface area (Å²) in [5.41, 5.74) is 2.22. The molecule has 30 heavy (non-hydrogen) atoms. The third-order valence-corrected chi connectivity index (χ3v) is 6.83. The molecule has 1 fully saturated rings. The van der Waals surface area contributed by atoms with Crippen molar-refractivity contribution in [3.05, 3.63) is 65.2 Å². The van der Waals surface area contributed by atoms with Crippen LogP contribution in [0.4, 0.5) is 0 Å². The van der Waals surface area contributed by atoms with Crippen LogP contribution < -0.4 is 0 Å². The van der Waals surface area contributed by atoms with Crippen LogP contribution >= 0.6 is 23.4 Å². The fraction of sp³-hybridized carbons (Fsp3) is 0.435. The molecule has 0 N–H and O–H groups in total. The van der Waals surface area contributed by atoms with Gasteiger partial charge in [-0.25, -0.2) is 0 Å². The number of nitrogens with zero attached hydrogens (tertiary/aromatic N) is 5. The Bertz CT molecular complexity index is 940. The lowest BCUT2D eigenvalue weighted by molar-refractivity contribution is 0.223. The van der Waals surface area contributed by atoms with Crippen molar-refractivity contribution in [2.75, 3.05) is 13.6 Å². The van der Waals surface area contributed by atoms with Crippen LogP contribution in [-0.4, -0.2) is 38.2 Å². The predicted molar refractivity (Wildman–Crippen MR) is 123 cm³/mol. The first kappa shape index (κ1) is 21.3. The van der Waals surface area contributed by atoms with Gasteiger partial charge in [-0.15, -0.1) is 10.2 Å². The minimum Gasteiger partial charge on any atom is -0.299 e. The highest BCUT2D eigenvalue weighted by Crippen LogP contribution is 2.28. The Morgan fingerprint density at radius 1 is 1.10 bits per heavy atom. The van der Waals surface area contributed by atoms with E-state index in [4.69, 9.17) is 11.6 Å². The van der Waals surface area contributed by atoms with E-state index in [-0.39, 0.29) is 0 Å². The summed E-state index contributed by atoms with van der Waals surface area (Å²) in [6.07, 6.45) is 10.5. The second kappa shape index (κ2) is 10.4. The number of thioether (sulfide) groups is 1. The summed E-state index contributed by atoms with van der Waals surface area (Å²) >= 11 is 7.98. The fourth-order valence-electron chi connectivity index (χ4n) is 4.11. The molecule has 3 aromatic rings. The van der Waals surface area contributed by atoms with Crippen molar-refractivity contribution in [1.29, 1.82) is 0 Å².